The van der Waals surface area contributed by atoms with Crippen molar-refractivity contribution in [3.8, 4) is 16.9 Å². The number of anilines is 1. The molecule has 0 bridgehead atoms. The van der Waals surface area contributed by atoms with E-state index in [0.29, 0.717) is 23.1 Å². The Hall–Kier alpha value is -3.90. The highest BCUT2D eigenvalue weighted by molar-refractivity contribution is 6.30. The van der Waals surface area contributed by atoms with Gasteiger partial charge in [-0.1, -0.05) is 59.1 Å². The average Bonchev–Trinajstić information content (AvgIpc) is 3.27. The normalized spacial score (nSPS) is 10.7. The maximum absolute atomic E-state index is 13.0. The van der Waals surface area contributed by atoms with Gasteiger partial charge in [0.25, 0.3) is 5.91 Å². The molecule has 178 valence electrons. The number of rotatable bonds is 7. The van der Waals surface area contributed by atoms with E-state index < -0.39 is 0 Å². The number of imidazole rings is 1. The number of nitrogens with one attached hydrogen (secondary N) is 1. The van der Waals surface area contributed by atoms with E-state index in [-0.39, 0.29) is 18.4 Å². The van der Waals surface area contributed by atoms with Gasteiger partial charge in [0.15, 0.2) is 0 Å². The van der Waals surface area contributed by atoms with Crippen LogP contribution in [0.2, 0.25) is 5.02 Å². The van der Waals surface area contributed by atoms with E-state index in [4.69, 9.17) is 16.6 Å². The summed E-state index contributed by atoms with van der Waals surface area (Å²) < 4.78 is 1.85. The number of benzene rings is 3. The smallest absolute Gasteiger partial charge is 0.254 e. The predicted octanol–water partition coefficient (Wildman–Crippen LogP) is 5.91. The Kier molecular flexibility index (Phi) is 7.32. The standard InChI is InChI=1S/C28H27ClN4O2/c1-4-32(27(35)22-11-13-23(29)14-12-22)18-26(34)31-28-30-25(21-9-5-19(2)6-10-21)17-33(28)24-15-7-20(3)8-16-24/h5-17H,4,18H2,1-3H3,(H,30,31,34). The van der Waals surface area contributed by atoms with Gasteiger partial charge in [-0.25, -0.2) is 4.98 Å². The maximum atomic E-state index is 13.0. The molecule has 0 saturated carbocycles. The van der Waals surface area contributed by atoms with E-state index in [1.807, 2.05) is 80.1 Å². The van der Waals surface area contributed by atoms with Gasteiger partial charge in [0.05, 0.1) is 5.69 Å². The molecular formula is C28H27ClN4O2. The first-order valence-corrected chi connectivity index (χ1v) is 11.8. The van der Waals surface area contributed by atoms with Gasteiger partial charge in [-0.3, -0.25) is 19.5 Å². The Morgan fingerprint density at radius 3 is 2.11 bits per heavy atom. The molecule has 1 aromatic heterocycles. The first-order chi connectivity index (χ1) is 16.8. The van der Waals surface area contributed by atoms with Crippen molar-refractivity contribution in [2.75, 3.05) is 18.4 Å². The highest BCUT2D eigenvalue weighted by Crippen LogP contribution is 2.25. The fraction of sp³-hybridized carbons (Fsp3) is 0.179. The second kappa shape index (κ2) is 10.6. The molecule has 4 aromatic rings. The lowest BCUT2D eigenvalue weighted by Crippen LogP contribution is -2.38. The summed E-state index contributed by atoms with van der Waals surface area (Å²) in [5, 5.41) is 3.45. The second-order valence-electron chi connectivity index (χ2n) is 8.40. The number of halogens is 1. The average molecular weight is 487 g/mol. The number of carbonyl (C=O) groups excluding carboxylic acids is 2. The molecule has 0 aliphatic heterocycles. The van der Waals surface area contributed by atoms with Crippen LogP contribution in [0.5, 0.6) is 0 Å². The molecule has 0 saturated heterocycles. The molecule has 6 nitrogen and oxygen atoms in total. The quantitative estimate of drug-likeness (QED) is 0.353. The number of carbonyl (C=O) groups is 2. The van der Waals surface area contributed by atoms with Crippen LogP contribution in [0.1, 0.15) is 28.4 Å². The van der Waals surface area contributed by atoms with Crippen molar-refractivity contribution in [2.45, 2.75) is 20.8 Å². The molecule has 2 amide bonds. The van der Waals surface area contributed by atoms with Gasteiger partial charge in [-0.05, 0) is 57.2 Å². The molecular weight excluding hydrogens is 460 g/mol. The Morgan fingerprint density at radius 1 is 0.914 bits per heavy atom. The van der Waals surface area contributed by atoms with Crippen LogP contribution >= 0.6 is 11.6 Å². The lowest BCUT2D eigenvalue weighted by Gasteiger charge is -2.20. The first-order valence-electron chi connectivity index (χ1n) is 11.4. The fourth-order valence-corrected chi connectivity index (χ4v) is 3.80. The van der Waals surface area contributed by atoms with E-state index in [9.17, 15) is 9.59 Å². The molecule has 0 unspecified atom stereocenters. The minimum atomic E-state index is -0.330. The highest BCUT2D eigenvalue weighted by atomic mass is 35.5. The Bertz CT molecular complexity index is 1330. The fourth-order valence-electron chi connectivity index (χ4n) is 3.67. The van der Waals surface area contributed by atoms with Crippen molar-refractivity contribution in [1.82, 2.24) is 14.5 Å². The van der Waals surface area contributed by atoms with Crippen LogP contribution in [0.15, 0.2) is 79.0 Å². The zero-order valence-electron chi connectivity index (χ0n) is 20.0. The van der Waals surface area contributed by atoms with Gasteiger partial charge >= 0.3 is 0 Å². The number of hydrogen-bond acceptors (Lipinski definition) is 3. The number of hydrogen-bond donors (Lipinski definition) is 1. The third kappa shape index (κ3) is 5.78. The molecule has 3 aromatic carbocycles. The molecule has 7 heteroatoms. The second-order valence-corrected chi connectivity index (χ2v) is 8.83. The summed E-state index contributed by atoms with van der Waals surface area (Å²) in [6.45, 7) is 6.18. The van der Waals surface area contributed by atoms with Crippen molar-refractivity contribution in [1.29, 1.82) is 0 Å². The number of aromatic nitrogens is 2. The minimum absolute atomic E-state index is 0.0986. The molecule has 35 heavy (non-hydrogen) atoms. The van der Waals surface area contributed by atoms with Crippen molar-refractivity contribution >= 4 is 29.4 Å². The number of amides is 2. The zero-order valence-corrected chi connectivity index (χ0v) is 20.7. The Balaban J connectivity index is 1.59. The number of nitrogens with zero attached hydrogens (tertiary/aromatic N) is 3. The van der Waals surface area contributed by atoms with E-state index in [1.165, 1.54) is 4.90 Å². The molecule has 1 N–H and O–H groups in total. The van der Waals surface area contributed by atoms with Crippen LogP contribution in [0.4, 0.5) is 5.95 Å². The van der Waals surface area contributed by atoms with Crippen LogP contribution in [-0.2, 0) is 4.79 Å². The number of aryl methyl sites for hydroxylation is 2. The molecule has 0 spiro atoms. The van der Waals surface area contributed by atoms with Crippen molar-refractivity contribution < 1.29 is 9.59 Å². The van der Waals surface area contributed by atoms with Crippen molar-refractivity contribution in [3.63, 3.8) is 0 Å². The van der Waals surface area contributed by atoms with E-state index in [2.05, 4.69) is 5.32 Å². The summed E-state index contributed by atoms with van der Waals surface area (Å²) in [5.74, 6) is -0.172. The highest BCUT2D eigenvalue weighted by Gasteiger charge is 2.20. The summed E-state index contributed by atoms with van der Waals surface area (Å²) in [7, 11) is 0. The first kappa shape index (κ1) is 24.2. The largest absolute Gasteiger partial charge is 0.330 e. The van der Waals surface area contributed by atoms with Crippen molar-refractivity contribution in [3.05, 3.63) is 101 Å². The van der Waals surface area contributed by atoms with Crippen molar-refractivity contribution in [2.24, 2.45) is 0 Å². The summed E-state index contributed by atoms with van der Waals surface area (Å²) in [6, 6.07) is 22.7. The van der Waals surface area contributed by atoms with Crippen LogP contribution in [-0.4, -0.2) is 39.4 Å². The van der Waals surface area contributed by atoms with Gasteiger partial charge in [0.1, 0.15) is 6.54 Å². The monoisotopic (exact) mass is 486 g/mol. The van der Waals surface area contributed by atoms with Gasteiger partial charge < -0.3 is 4.90 Å². The Labute approximate surface area is 210 Å². The Morgan fingerprint density at radius 2 is 1.51 bits per heavy atom. The SMILES string of the molecule is CCN(CC(=O)Nc1nc(-c2ccc(C)cc2)cn1-c1ccc(C)cc1)C(=O)c1ccc(Cl)cc1. The number of likely N-dealkylation sites (N-methyl/N-ethyl adjacent to an activating group) is 1. The van der Waals surface area contributed by atoms with Gasteiger partial charge in [0, 0.05) is 34.6 Å². The molecule has 1 heterocycles. The van der Waals surface area contributed by atoms with Gasteiger partial charge in [-0.15, -0.1) is 0 Å². The van der Waals surface area contributed by atoms with E-state index in [0.717, 1.165) is 28.1 Å². The molecule has 0 fully saturated rings. The van der Waals surface area contributed by atoms with E-state index in [1.54, 1.807) is 24.3 Å². The van der Waals surface area contributed by atoms with Crippen LogP contribution in [0.25, 0.3) is 16.9 Å². The maximum Gasteiger partial charge on any atom is 0.254 e. The minimum Gasteiger partial charge on any atom is -0.330 e. The van der Waals surface area contributed by atoms with Crippen LogP contribution in [0.3, 0.4) is 0 Å². The van der Waals surface area contributed by atoms with Crippen LogP contribution in [0, 0.1) is 13.8 Å². The zero-order chi connectivity index (χ0) is 24.9. The predicted molar refractivity (Wildman–Crippen MR) is 140 cm³/mol. The molecule has 4 rings (SSSR count). The summed E-state index contributed by atoms with van der Waals surface area (Å²) in [6.07, 6.45) is 1.90. The van der Waals surface area contributed by atoms with Gasteiger partial charge in [0.2, 0.25) is 11.9 Å². The van der Waals surface area contributed by atoms with E-state index >= 15 is 0 Å². The van der Waals surface area contributed by atoms with Crippen LogP contribution < -0.4 is 5.32 Å². The lowest BCUT2D eigenvalue weighted by molar-refractivity contribution is -0.116. The summed E-state index contributed by atoms with van der Waals surface area (Å²) in [5.41, 5.74) is 5.34. The molecule has 0 aliphatic carbocycles. The molecule has 0 radical (unpaired) electrons. The molecule has 0 atom stereocenters. The molecule has 0 aliphatic rings. The van der Waals surface area contributed by atoms with Gasteiger partial charge in [-0.2, -0.15) is 0 Å². The summed E-state index contributed by atoms with van der Waals surface area (Å²) >= 11 is 5.93. The third-order valence-electron chi connectivity index (χ3n) is 5.71. The summed E-state index contributed by atoms with van der Waals surface area (Å²) in [4.78, 5) is 32.1. The third-order valence-corrected chi connectivity index (χ3v) is 5.96. The topological polar surface area (TPSA) is 67.2 Å². The lowest BCUT2D eigenvalue weighted by atomic mass is 10.1.